The van der Waals surface area contributed by atoms with Crippen molar-refractivity contribution in [3.63, 3.8) is 0 Å². The number of hydrazine groups is 1. The van der Waals surface area contributed by atoms with Crippen molar-refractivity contribution in [1.82, 2.24) is 10.4 Å². The third-order valence-electron chi connectivity index (χ3n) is 3.83. The van der Waals surface area contributed by atoms with Gasteiger partial charge in [-0.3, -0.25) is 35.2 Å². The molecule has 0 aromatic heterocycles. The van der Waals surface area contributed by atoms with E-state index in [9.17, 15) is 29.8 Å². The summed E-state index contributed by atoms with van der Waals surface area (Å²) in [5.41, 5.74) is -0.335. The lowest BCUT2D eigenvalue weighted by Crippen LogP contribution is -2.56. The van der Waals surface area contributed by atoms with Crippen LogP contribution in [0.15, 0.2) is 42.5 Å². The molecule has 2 aromatic rings. The molecule has 0 atom stereocenters. The quantitative estimate of drug-likeness (QED) is 0.591. The molecule has 0 saturated heterocycles. The van der Waals surface area contributed by atoms with E-state index < -0.39 is 38.6 Å². The molecule has 0 aliphatic rings. The predicted molar refractivity (Wildman–Crippen MR) is 105 cm³/mol. The van der Waals surface area contributed by atoms with Gasteiger partial charge in [0.1, 0.15) is 16.1 Å². The molecule has 0 unspecified atom stereocenters. The van der Waals surface area contributed by atoms with Gasteiger partial charge in [0.15, 0.2) is 0 Å². The molecule has 29 heavy (non-hydrogen) atoms. The van der Waals surface area contributed by atoms with Gasteiger partial charge in [-0.2, -0.15) is 0 Å². The number of carbonyl (C=O) groups excluding carboxylic acids is 2. The summed E-state index contributed by atoms with van der Waals surface area (Å²) in [5, 5.41) is 23.2. The first kappa shape index (κ1) is 21.8. The van der Waals surface area contributed by atoms with Crippen LogP contribution in [0, 0.1) is 20.2 Å². The van der Waals surface area contributed by atoms with Gasteiger partial charge in [-0.05, 0) is 39.0 Å². The van der Waals surface area contributed by atoms with Crippen molar-refractivity contribution in [3.8, 4) is 0 Å². The number of benzene rings is 2. The number of nitro benzene ring substituents is 2. The van der Waals surface area contributed by atoms with Crippen molar-refractivity contribution in [1.29, 1.82) is 0 Å². The Balaban J connectivity index is 2.48. The zero-order valence-corrected chi connectivity index (χ0v) is 16.5. The van der Waals surface area contributed by atoms with Crippen molar-refractivity contribution < 1.29 is 19.4 Å². The lowest BCUT2D eigenvalue weighted by molar-refractivity contribution is -0.385. The van der Waals surface area contributed by atoms with E-state index in [0.29, 0.717) is 0 Å². The van der Waals surface area contributed by atoms with Gasteiger partial charge in [0, 0.05) is 6.07 Å². The zero-order valence-electron chi connectivity index (χ0n) is 15.7. The number of para-hydroxylation sites is 2. The first-order valence-electron chi connectivity index (χ1n) is 8.27. The largest absolute Gasteiger partial charge is 0.300 e. The summed E-state index contributed by atoms with van der Waals surface area (Å²) < 4.78 is 0. The van der Waals surface area contributed by atoms with Crippen molar-refractivity contribution >= 4 is 34.8 Å². The molecular formula is C18H17ClN4O6. The number of hydrogen-bond donors (Lipinski definition) is 1. The highest BCUT2D eigenvalue weighted by molar-refractivity contribution is 6.33. The first-order chi connectivity index (χ1) is 13.4. The Bertz CT molecular complexity index is 1000. The fourth-order valence-corrected chi connectivity index (χ4v) is 2.75. The van der Waals surface area contributed by atoms with E-state index in [2.05, 4.69) is 5.43 Å². The summed E-state index contributed by atoms with van der Waals surface area (Å²) in [6.45, 7) is 4.77. The number of rotatable bonds is 4. The van der Waals surface area contributed by atoms with Crippen LogP contribution < -0.4 is 5.43 Å². The molecule has 0 bridgehead atoms. The summed E-state index contributed by atoms with van der Waals surface area (Å²) in [6, 6.07) is 9.08. The summed E-state index contributed by atoms with van der Waals surface area (Å²) in [5.74, 6) is -1.80. The van der Waals surface area contributed by atoms with Crippen molar-refractivity contribution in [2.24, 2.45) is 0 Å². The van der Waals surface area contributed by atoms with Gasteiger partial charge in [-0.1, -0.05) is 29.8 Å². The van der Waals surface area contributed by atoms with E-state index in [0.717, 1.165) is 11.1 Å². The molecule has 10 nitrogen and oxygen atoms in total. The third kappa shape index (κ3) is 4.66. The highest BCUT2D eigenvalue weighted by Gasteiger charge is 2.34. The van der Waals surface area contributed by atoms with Crippen LogP contribution in [0.25, 0.3) is 0 Å². The molecule has 2 aromatic carbocycles. The molecule has 0 aliphatic heterocycles. The predicted octanol–water partition coefficient (Wildman–Crippen LogP) is 3.74. The van der Waals surface area contributed by atoms with Crippen LogP contribution in [0.5, 0.6) is 0 Å². The van der Waals surface area contributed by atoms with E-state index in [1.165, 1.54) is 36.4 Å². The number of nitro groups is 2. The standard InChI is InChI=1S/C18H17ClN4O6/c1-18(2,3)21(17(25)11-7-4-5-10-14(11)22(26)27)20-16(24)12-8-6-9-13(19)15(12)23(28)29/h4-10H,1-3H3,(H,20,24). The zero-order chi connectivity index (χ0) is 21.9. The minimum Gasteiger partial charge on any atom is -0.267 e. The Labute approximate surface area is 170 Å². The Morgan fingerprint density at radius 3 is 2.10 bits per heavy atom. The van der Waals surface area contributed by atoms with Gasteiger partial charge in [0.05, 0.1) is 15.4 Å². The van der Waals surface area contributed by atoms with Crippen LogP contribution in [0.3, 0.4) is 0 Å². The minimum absolute atomic E-state index is 0.241. The second-order valence-corrected chi connectivity index (χ2v) is 7.33. The molecule has 2 rings (SSSR count). The lowest BCUT2D eigenvalue weighted by atomic mass is 10.1. The SMILES string of the molecule is CC(C)(C)N(NC(=O)c1cccc(Cl)c1[N+](=O)[O-])C(=O)c1ccccc1[N+](=O)[O-]. The van der Waals surface area contributed by atoms with Crippen molar-refractivity contribution in [2.75, 3.05) is 0 Å². The summed E-state index contributed by atoms with van der Waals surface area (Å²) in [4.78, 5) is 46.8. The van der Waals surface area contributed by atoms with Gasteiger partial charge in [-0.15, -0.1) is 0 Å². The van der Waals surface area contributed by atoms with Crippen LogP contribution in [0.4, 0.5) is 11.4 Å². The first-order valence-corrected chi connectivity index (χ1v) is 8.64. The van der Waals surface area contributed by atoms with Crippen molar-refractivity contribution in [3.05, 3.63) is 78.8 Å². The average molecular weight is 421 g/mol. The number of nitrogens with one attached hydrogen (secondary N) is 1. The molecule has 0 aliphatic carbocycles. The number of nitrogens with zero attached hydrogens (tertiary/aromatic N) is 3. The van der Waals surface area contributed by atoms with Crippen LogP contribution in [-0.2, 0) is 0 Å². The van der Waals surface area contributed by atoms with Crippen LogP contribution in [0.2, 0.25) is 5.02 Å². The summed E-state index contributed by atoms with van der Waals surface area (Å²) in [7, 11) is 0. The molecule has 0 spiro atoms. The maximum absolute atomic E-state index is 13.0. The van der Waals surface area contributed by atoms with E-state index in [-0.39, 0.29) is 16.1 Å². The fraction of sp³-hybridized carbons (Fsp3) is 0.222. The molecule has 0 radical (unpaired) electrons. The normalized spacial score (nSPS) is 10.9. The maximum atomic E-state index is 13.0. The van der Waals surface area contributed by atoms with Crippen molar-refractivity contribution in [2.45, 2.75) is 26.3 Å². The topological polar surface area (TPSA) is 136 Å². The fourth-order valence-electron chi connectivity index (χ4n) is 2.50. The van der Waals surface area contributed by atoms with Gasteiger partial charge >= 0.3 is 5.69 Å². The molecule has 0 heterocycles. The Morgan fingerprint density at radius 1 is 0.966 bits per heavy atom. The molecule has 11 heteroatoms. The monoisotopic (exact) mass is 420 g/mol. The van der Waals surface area contributed by atoms with Gasteiger partial charge < -0.3 is 0 Å². The number of carbonyl (C=O) groups is 2. The average Bonchev–Trinajstić information content (AvgIpc) is 2.63. The highest BCUT2D eigenvalue weighted by atomic mass is 35.5. The summed E-state index contributed by atoms with van der Waals surface area (Å²) >= 11 is 5.83. The van der Waals surface area contributed by atoms with Gasteiger partial charge in [0.2, 0.25) is 0 Å². The van der Waals surface area contributed by atoms with Crippen LogP contribution in [0.1, 0.15) is 41.5 Å². The highest BCUT2D eigenvalue weighted by Crippen LogP contribution is 2.29. The van der Waals surface area contributed by atoms with E-state index >= 15 is 0 Å². The molecule has 0 saturated carbocycles. The maximum Gasteiger partial charge on any atom is 0.300 e. The van der Waals surface area contributed by atoms with Crippen LogP contribution >= 0.6 is 11.6 Å². The Hall–Kier alpha value is -3.53. The molecule has 0 fully saturated rings. The molecule has 152 valence electrons. The number of hydrogen-bond acceptors (Lipinski definition) is 6. The lowest BCUT2D eigenvalue weighted by Gasteiger charge is -2.35. The van der Waals surface area contributed by atoms with E-state index in [1.54, 1.807) is 20.8 Å². The molecule has 2 amide bonds. The second kappa shape index (κ2) is 8.23. The van der Waals surface area contributed by atoms with Crippen LogP contribution in [-0.4, -0.2) is 32.2 Å². The van der Waals surface area contributed by atoms with Gasteiger partial charge in [0.25, 0.3) is 17.5 Å². The number of amides is 2. The van der Waals surface area contributed by atoms with E-state index in [1.807, 2.05) is 0 Å². The van der Waals surface area contributed by atoms with E-state index in [4.69, 9.17) is 11.6 Å². The Morgan fingerprint density at radius 2 is 1.55 bits per heavy atom. The third-order valence-corrected chi connectivity index (χ3v) is 4.14. The number of halogens is 1. The molecule has 1 N–H and O–H groups in total. The van der Waals surface area contributed by atoms with Gasteiger partial charge in [-0.25, -0.2) is 5.01 Å². The Kier molecular flexibility index (Phi) is 6.18. The second-order valence-electron chi connectivity index (χ2n) is 6.92. The molecular weight excluding hydrogens is 404 g/mol. The minimum atomic E-state index is -1.01. The smallest absolute Gasteiger partial charge is 0.267 e. The summed E-state index contributed by atoms with van der Waals surface area (Å²) in [6.07, 6.45) is 0.